The first-order chi connectivity index (χ1) is 18.4. The van der Waals surface area contributed by atoms with Gasteiger partial charge in [0.05, 0.1) is 23.4 Å². The van der Waals surface area contributed by atoms with Gasteiger partial charge in [0.2, 0.25) is 0 Å². The molecule has 0 bridgehead atoms. The molecular formula is C29H35FN6O2. The van der Waals surface area contributed by atoms with Gasteiger partial charge in [-0.3, -0.25) is 4.90 Å². The van der Waals surface area contributed by atoms with Crippen LogP contribution in [0, 0.1) is 11.3 Å². The van der Waals surface area contributed by atoms with E-state index in [0.717, 1.165) is 79.9 Å². The third kappa shape index (κ3) is 3.60. The van der Waals surface area contributed by atoms with Crippen molar-refractivity contribution >= 4 is 11.5 Å². The van der Waals surface area contributed by atoms with Crippen molar-refractivity contribution in [3.63, 3.8) is 0 Å². The molecule has 200 valence electrons. The average Bonchev–Trinajstić information content (AvgIpc) is 3.39. The van der Waals surface area contributed by atoms with Crippen molar-refractivity contribution in [3.05, 3.63) is 40.1 Å². The van der Waals surface area contributed by atoms with Crippen molar-refractivity contribution in [1.29, 1.82) is 5.26 Å². The number of benzene rings is 1. The summed E-state index contributed by atoms with van der Waals surface area (Å²) in [6.45, 7) is 6.31. The maximum Gasteiger partial charge on any atom is 0.318 e. The Morgan fingerprint density at radius 1 is 1.24 bits per heavy atom. The van der Waals surface area contributed by atoms with Crippen LogP contribution >= 0.6 is 0 Å². The molecule has 1 aliphatic carbocycles. The molecule has 7 rings (SSSR count). The third-order valence-corrected chi connectivity index (χ3v) is 9.73. The second-order valence-electron chi connectivity index (χ2n) is 12.0. The smallest absolute Gasteiger partial charge is 0.318 e. The van der Waals surface area contributed by atoms with Crippen LogP contribution in [-0.4, -0.2) is 59.4 Å². The van der Waals surface area contributed by atoms with E-state index in [1.54, 1.807) is 0 Å². The van der Waals surface area contributed by atoms with Crippen molar-refractivity contribution in [1.82, 2.24) is 14.9 Å². The van der Waals surface area contributed by atoms with E-state index in [-0.39, 0.29) is 5.54 Å². The maximum absolute atomic E-state index is 14.3. The predicted molar refractivity (Wildman–Crippen MR) is 141 cm³/mol. The Labute approximate surface area is 222 Å². The Kier molecular flexibility index (Phi) is 5.57. The summed E-state index contributed by atoms with van der Waals surface area (Å²) in [7, 11) is 0. The van der Waals surface area contributed by atoms with E-state index in [1.165, 1.54) is 0 Å². The summed E-state index contributed by atoms with van der Waals surface area (Å²) < 4.78 is 27.4. The molecular weight excluding hydrogens is 483 g/mol. The molecule has 1 unspecified atom stereocenters. The van der Waals surface area contributed by atoms with Gasteiger partial charge in [0.15, 0.2) is 0 Å². The highest BCUT2D eigenvalue weighted by Gasteiger charge is 2.50. The van der Waals surface area contributed by atoms with Crippen molar-refractivity contribution in [2.24, 2.45) is 0 Å². The van der Waals surface area contributed by atoms with Gasteiger partial charge >= 0.3 is 6.01 Å². The fourth-order valence-corrected chi connectivity index (χ4v) is 7.53. The number of aromatic nitrogens is 2. The van der Waals surface area contributed by atoms with Gasteiger partial charge in [-0.2, -0.15) is 15.2 Å². The number of nitriles is 1. The number of anilines is 2. The number of nitrogens with two attached hydrogens (primary N) is 1. The van der Waals surface area contributed by atoms with Gasteiger partial charge in [-0.05, 0) is 56.2 Å². The van der Waals surface area contributed by atoms with E-state index in [1.807, 2.05) is 6.07 Å². The zero-order valence-electron chi connectivity index (χ0n) is 22.0. The summed E-state index contributed by atoms with van der Waals surface area (Å²) >= 11 is 0. The molecule has 0 saturated carbocycles. The predicted octanol–water partition coefficient (Wildman–Crippen LogP) is 3.96. The number of ether oxygens (including phenoxy) is 2. The lowest BCUT2D eigenvalue weighted by atomic mass is 9.69. The Bertz CT molecular complexity index is 1330. The number of alkyl halides is 1. The van der Waals surface area contributed by atoms with E-state index in [0.29, 0.717) is 55.8 Å². The first-order valence-corrected chi connectivity index (χ1v) is 14.0. The maximum atomic E-state index is 14.3. The zero-order chi connectivity index (χ0) is 26.1. The molecule has 9 heteroatoms. The van der Waals surface area contributed by atoms with Gasteiger partial charge in [0.25, 0.3) is 0 Å². The molecule has 0 radical (unpaired) electrons. The number of nitrogen functional groups attached to an aromatic ring is 1. The van der Waals surface area contributed by atoms with E-state index in [4.69, 9.17) is 25.2 Å². The summed E-state index contributed by atoms with van der Waals surface area (Å²) in [5.74, 6) is 1.22. The van der Waals surface area contributed by atoms with Gasteiger partial charge in [0, 0.05) is 49.3 Å². The van der Waals surface area contributed by atoms with Crippen molar-refractivity contribution in [2.75, 3.05) is 43.4 Å². The molecule has 2 aromatic rings. The van der Waals surface area contributed by atoms with E-state index in [9.17, 15) is 9.65 Å². The molecule has 4 atom stereocenters. The minimum atomic E-state index is -0.799. The van der Waals surface area contributed by atoms with Crippen LogP contribution in [0.4, 0.5) is 15.9 Å². The van der Waals surface area contributed by atoms with Crippen LogP contribution in [0.2, 0.25) is 0 Å². The summed E-state index contributed by atoms with van der Waals surface area (Å²) in [6, 6.07) is 6.63. The minimum Gasteiger partial charge on any atom is -0.461 e. The summed E-state index contributed by atoms with van der Waals surface area (Å²) in [5, 5.41) is 10.1. The number of fused-ring (bicyclic) bond motifs is 4. The number of nitrogens with zero attached hydrogens (tertiary/aromatic N) is 5. The van der Waals surface area contributed by atoms with Crippen molar-refractivity contribution in [3.8, 4) is 12.1 Å². The fourth-order valence-electron chi connectivity index (χ4n) is 7.53. The summed E-state index contributed by atoms with van der Waals surface area (Å²) in [5.41, 5.74) is 10.4. The monoisotopic (exact) mass is 518 g/mol. The van der Waals surface area contributed by atoms with Gasteiger partial charge in [-0.25, -0.2) is 4.39 Å². The van der Waals surface area contributed by atoms with Crippen LogP contribution in [-0.2, 0) is 23.4 Å². The van der Waals surface area contributed by atoms with Crippen molar-refractivity contribution < 1.29 is 13.9 Å². The molecule has 2 N–H and O–H groups in total. The first kappa shape index (κ1) is 24.1. The molecule has 1 aromatic carbocycles. The highest BCUT2D eigenvalue weighted by atomic mass is 19.1. The summed E-state index contributed by atoms with van der Waals surface area (Å²) in [4.78, 5) is 14.3. The van der Waals surface area contributed by atoms with Gasteiger partial charge in [-0.15, -0.1) is 0 Å². The lowest BCUT2D eigenvalue weighted by Crippen LogP contribution is -2.44. The fraction of sp³-hybridized carbons (Fsp3) is 0.621. The minimum absolute atomic E-state index is 0.252. The summed E-state index contributed by atoms with van der Waals surface area (Å²) in [6.07, 6.45) is 5.18. The van der Waals surface area contributed by atoms with E-state index < -0.39 is 11.8 Å². The first-order valence-electron chi connectivity index (χ1n) is 14.0. The standard InChI is InChI=1S/C29H35FN6O2/c1-18-6-8-29(25-20(18)4-5-23(32)21(25)14-31)13-24-22(16-38-29)26(35-9-3-10-35)34-27(33-24)37-17-28-7-2-11-36(28)15-19(30)12-28/h4-5,18-19H,2-3,6-13,15-17,32H2,1H3/t18-,19+,28?,29-/m0/s1. The van der Waals surface area contributed by atoms with E-state index >= 15 is 0 Å². The number of hydrogen-bond acceptors (Lipinski definition) is 8. The zero-order valence-corrected chi connectivity index (χ0v) is 22.0. The molecule has 5 aliphatic rings. The van der Waals surface area contributed by atoms with Gasteiger partial charge in [-0.1, -0.05) is 13.0 Å². The molecule has 3 saturated heterocycles. The van der Waals surface area contributed by atoms with Crippen LogP contribution in [0.5, 0.6) is 6.01 Å². The lowest BCUT2D eigenvalue weighted by Gasteiger charge is -2.45. The molecule has 3 fully saturated rings. The molecule has 1 aromatic heterocycles. The molecule has 38 heavy (non-hydrogen) atoms. The van der Waals surface area contributed by atoms with Crippen LogP contribution < -0.4 is 15.4 Å². The second kappa shape index (κ2) is 8.78. The highest BCUT2D eigenvalue weighted by Crippen LogP contribution is 2.51. The number of hydrogen-bond donors (Lipinski definition) is 1. The number of rotatable bonds is 4. The van der Waals surface area contributed by atoms with E-state index in [2.05, 4.69) is 28.9 Å². The Morgan fingerprint density at radius 2 is 2.11 bits per heavy atom. The molecule has 5 heterocycles. The molecule has 8 nitrogen and oxygen atoms in total. The molecule has 4 aliphatic heterocycles. The van der Waals surface area contributed by atoms with Crippen LogP contribution in [0.15, 0.2) is 12.1 Å². The molecule has 1 spiro atoms. The van der Waals surface area contributed by atoms with Gasteiger partial charge < -0.3 is 20.1 Å². The largest absolute Gasteiger partial charge is 0.461 e. The van der Waals surface area contributed by atoms with Crippen LogP contribution in [0.3, 0.4) is 0 Å². The van der Waals surface area contributed by atoms with Crippen LogP contribution in [0.1, 0.15) is 79.3 Å². The molecule has 0 amide bonds. The van der Waals surface area contributed by atoms with Crippen LogP contribution in [0.25, 0.3) is 0 Å². The SMILES string of the molecule is C[C@H]1CC[C@]2(Cc3nc(OCC45CCCN4C[C@H](F)C5)nc(N4CCC4)c3CO2)c2c1ccc(N)c2C#N. The Hall–Kier alpha value is -2.96. The second-order valence-corrected chi connectivity index (χ2v) is 12.0. The highest BCUT2D eigenvalue weighted by molar-refractivity contribution is 5.64. The third-order valence-electron chi connectivity index (χ3n) is 9.73. The quantitative estimate of drug-likeness (QED) is 0.607. The average molecular weight is 519 g/mol. The topological polar surface area (TPSA) is 101 Å². The van der Waals surface area contributed by atoms with Gasteiger partial charge in [0.1, 0.15) is 30.3 Å². The lowest BCUT2D eigenvalue weighted by molar-refractivity contribution is -0.0873. The number of halogens is 1. The normalized spacial score (nSPS) is 31.9. The van der Waals surface area contributed by atoms with Crippen molar-refractivity contribution in [2.45, 2.75) is 81.7 Å². The Balaban J connectivity index is 1.26. The Morgan fingerprint density at radius 3 is 2.89 bits per heavy atom.